The van der Waals surface area contributed by atoms with Gasteiger partial charge in [-0.05, 0) is 26.0 Å². The van der Waals surface area contributed by atoms with E-state index in [1.807, 2.05) is 41.9 Å². The Morgan fingerprint density at radius 1 is 1.03 bits per heavy atom. The summed E-state index contributed by atoms with van der Waals surface area (Å²) < 4.78 is 40.0. The molecule has 3 heterocycles. The van der Waals surface area contributed by atoms with Gasteiger partial charge in [-0.15, -0.1) is 0 Å². The Labute approximate surface area is 186 Å². The van der Waals surface area contributed by atoms with E-state index in [-0.39, 0.29) is 54.1 Å². The van der Waals surface area contributed by atoms with E-state index in [1.54, 1.807) is 4.90 Å². The predicted octanol–water partition coefficient (Wildman–Crippen LogP) is 2.32. The third kappa shape index (κ3) is 3.49. The van der Waals surface area contributed by atoms with Gasteiger partial charge in [-0.2, -0.15) is 4.31 Å². The first-order chi connectivity index (χ1) is 15.2. The molecular weight excluding hydrogens is 434 g/mol. The van der Waals surface area contributed by atoms with Gasteiger partial charge in [0.1, 0.15) is 27.7 Å². The standard InChI is InChI=1S/C22H25N3O6S/c1-14-19(22(27)30-4)20(15(2)31-14)32(28,29)25-11-9-24(10-12-25)21(26)18-13-16-7-5-6-8-17(16)23(18)3/h5-8,13H,9-12H2,1-4H3. The van der Waals surface area contributed by atoms with E-state index in [1.165, 1.54) is 25.3 Å². The summed E-state index contributed by atoms with van der Waals surface area (Å²) in [5.41, 5.74) is 1.43. The number of methoxy groups -OCH3 is 1. The van der Waals surface area contributed by atoms with E-state index in [2.05, 4.69) is 0 Å². The minimum absolute atomic E-state index is 0.0843. The SMILES string of the molecule is COC(=O)c1c(C)oc(C)c1S(=O)(=O)N1CCN(C(=O)c2cc3ccccc3n2C)CC1. The van der Waals surface area contributed by atoms with Gasteiger partial charge in [0.05, 0.1) is 7.11 Å². The topological polar surface area (TPSA) is 102 Å². The molecule has 9 nitrogen and oxygen atoms in total. The van der Waals surface area contributed by atoms with Crippen LogP contribution in [0, 0.1) is 13.8 Å². The number of ether oxygens (including phenoxy) is 1. The summed E-state index contributed by atoms with van der Waals surface area (Å²) >= 11 is 0. The zero-order valence-electron chi connectivity index (χ0n) is 18.4. The van der Waals surface area contributed by atoms with Crippen LogP contribution in [-0.4, -0.2) is 67.4 Å². The van der Waals surface area contributed by atoms with E-state index in [0.717, 1.165) is 10.9 Å². The first-order valence-corrected chi connectivity index (χ1v) is 11.6. The van der Waals surface area contributed by atoms with Gasteiger partial charge in [-0.1, -0.05) is 18.2 Å². The number of rotatable bonds is 4. The Morgan fingerprint density at radius 2 is 1.69 bits per heavy atom. The summed E-state index contributed by atoms with van der Waals surface area (Å²) in [7, 11) is -0.970. The zero-order chi connectivity index (χ0) is 23.2. The Kier molecular flexibility index (Phi) is 5.59. The molecule has 1 amide bonds. The Morgan fingerprint density at radius 3 is 2.31 bits per heavy atom. The normalized spacial score (nSPS) is 15.3. The molecule has 0 N–H and O–H groups in total. The largest absolute Gasteiger partial charge is 0.465 e. The zero-order valence-corrected chi connectivity index (χ0v) is 19.2. The minimum atomic E-state index is -4.00. The van der Waals surface area contributed by atoms with E-state index in [9.17, 15) is 18.0 Å². The van der Waals surface area contributed by atoms with Crippen LogP contribution in [0.15, 0.2) is 39.6 Å². The molecule has 170 valence electrons. The fraction of sp³-hybridized carbons (Fsp3) is 0.364. The van der Waals surface area contributed by atoms with Crippen LogP contribution in [0.25, 0.3) is 10.9 Å². The molecule has 1 aliphatic heterocycles. The number of amides is 1. The molecule has 32 heavy (non-hydrogen) atoms. The van der Waals surface area contributed by atoms with Gasteiger partial charge in [0.2, 0.25) is 10.0 Å². The molecule has 1 saturated heterocycles. The molecule has 1 aromatic carbocycles. The third-order valence-corrected chi connectivity index (χ3v) is 7.94. The summed E-state index contributed by atoms with van der Waals surface area (Å²) in [4.78, 5) is 26.8. The maximum atomic E-state index is 13.3. The highest BCUT2D eigenvalue weighted by Crippen LogP contribution is 2.30. The Hall–Kier alpha value is -3.11. The Balaban J connectivity index is 1.55. The second-order valence-corrected chi connectivity index (χ2v) is 9.63. The number of nitrogens with zero attached hydrogens (tertiary/aromatic N) is 3. The van der Waals surface area contributed by atoms with Crippen LogP contribution < -0.4 is 0 Å². The van der Waals surface area contributed by atoms with Gasteiger partial charge in [0.15, 0.2) is 0 Å². The average Bonchev–Trinajstić information content (AvgIpc) is 3.28. The number of furan rings is 1. The number of aromatic nitrogens is 1. The molecule has 0 radical (unpaired) electrons. The number of sulfonamides is 1. The maximum absolute atomic E-state index is 13.3. The molecule has 3 aromatic rings. The lowest BCUT2D eigenvalue weighted by molar-refractivity contribution is 0.0594. The van der Waals surface area contributed by atoms with E-state index in [4.69, 9.17) is 9.15 Å². The summed E-state index contributed by atoms with van der Waals surface area (Å²) in [6, 6.07) is 9.58. The molecule has 0 aliphatic carbocycles. The molecule has 0 saturated carbocycles. The van der Waals surface area contributed by atoms with Gasteiger partial charge in [-0.3, -0.25) is 4.79 Å². The van der Waals surface area contributed by atoms with Crippen molar-refractivity contribution in [3.05, 3.63) is 53.1 Å². The van der Waals surface area contributed by atoms with Crippen LogP contribution in [0.1, 0.15) is 32.4 Å². The lowest BCUT2D eigenvalue weighted by Crippen LogP contribution is -2.51. The smallest absolute Gasteiger partial charge is 0.342 e. The van der Waals surface area contributed by atoms with Crippen molar-refractivity contribution in [3.63, 3.8) is 0 Å². The Bertz CT molecular complexity index is 1310. The number of esters is 1. The van der Waals surface area contributed by atoms with E-state index in [0.29, 0.717) is 5.69 Å². The van der Waals surface area contributed by atoms with Gasteiger partial charge < -0.3 is 18.6 Å². The number of aryl methyl sites for hydroxylation is 3. The molecule has 10 heteroatoms. The molecule has 0 atom stereocenters. The quantitative estimate of drug-likeness (QED) is 0.555. The number of para-hydroxylation sites is 1. The van der Waals surface area contributed by atoms with E-state index < -0.39 is 16.0 Å². The summed E-state index contributed by atoms with van der Waals surface area (Å²) in [5.74, 6) is -0.580. The molecule has 0 spiro atoms. The third-order valence-electron chi connectivity index (χ3n) is 5.89. The molecule has 0 bridgehead atoms. The number of carbonyl (C=O) groups excluding carboxylic acids is 2. The van der Waals surface area contributed by atoms with Gasteiger partial charge in [0, 0.05) is 44.1 Å². The van der Waals surface area contributed by atoms with Crippen LogP contribution in [0.4, 0.5) is 0 Å². The summed E-state index contributed by atoms with van der Waals surface area (Å²) in [6.07, 6.45) is 0. The van der Waals surface area contributed by atoms with Crippen molar-refractivity contribution in [1.82, 2.24) is 13.8 Å². The number of hydrogen-bond donors (Lipinski definition) is 0. The lowest BCUT2D eigenvalue weighted by Gasteiger charge is -2.34. The molecule has 2 aromatic heterocycles. The average molecular weight is 460 g/mol. The second kappa shape index (κ2) is 8.10. The van der Waals surface area contributed by atoms with Gasteiger partial charge >= 0.3 is 5.97 Å². The van der Waals surface area contributed by atoms with Crippen molar-refractivity contribution in [2.75, 3.05) is 33.3 Å². The molecule has 1 aliphatic rings. The molecule has 0 unspecified atom stereocenters. The number of hydrogen-bond acceptors (Lipinski definition) is 6. The minimum Gasteiger partial charge on any atom is -0.465 e. The number of fused-ring (bicyclic) bond motifs is 1. The van der Waals surface area contributed by atoms with Crippen molar-refractivity contribution in [1.29, 1.82) is 0 Å². The number of carbonyl (C=O) groups is 2. The van der Waals surface area contributed by atoms with Crippen LogP contribution >= 0.6 is 0 Å². The highest BCUT2D eigenvalue weighted by atomic mass is 32.2. The van der Waals surface area contributed by atoms with Crippen molar-refractivity contribution in [2.24, 2.45) is 7.05 Å². The second-order valence-electron chi connectivity index (χ2n) is 7.75. The molecule has 1 fully saturated rings. The monoisotopic (exact) mass is 459 g/mol. The van der Waals surface area contributed by atoms with Crippen LogP contribution in [0.3, 0.4) is 0 Å². The van der Waals surface area contributed by atoms with Crippen LogP contribution in [-0.2, 0) is 21.8 Å². The first kappa shape index (κ1) is 22.1. The van der Waals surface area contributed by atoms with Gasteiger partial charge in [-0.25, -0.2) is 13.2 Å². The summed E-state index contributed by atoms with van der Waals surface area (Å²) in [6.45, 7) is 3.74. The number of benzene rings is 1. The lowest BCUT2D eigenvalue weighted by atomic mass is 10.2. The first-order valence-electron chi connectivity index (χ1n) is 10.2. The van der Waals surface area contributed by atoms with Crippen molar-refractivity contribution in [2.45, 2.75) is 18.7 Å². The predicted molar refractivity (Wildman–Crippen MR) is 117 cm³/mol. The highest BCUT2D eigenvalue weighted by molar-refractivity contribution is 7.89. The van der Waals surface area contributed by atoms with Crippen molar-refractivity contribution >= 4 is 32.8 Å². The fourth-order valence-electron chi connectivity index (χ4n) is 4.23. The summed E-state index contributed by atoms with van der Waals surface area (Å²) in [5, 5.41) is 0.973. The highest BCUT2D eigenvalue weighted by Gasteiger charge is 2.38. The van der Waals surface area contributed by atoms with Crippen molar-refractivity contribution in [3.8, 4) is 0 Å². The fourth-order valence-corrected chi connectivity index (χ4v) is 6.02. The number of piperazine rings is 1. The van der Waals surface area contributed by atoms with Crippen LogP contribution in [0.2, 0.25) is 0 Å². The van der Waals surface area contributed by atoms with E-state index >= 15 is 0 Å². The van der Waals surface area contributed by atoms with Crippen LogP contribution in [0.5, 0.6) is 0 Å². The van der Waals surface area contributed by atoms with Gasteiger partial charge in [0.25, 0.3) is 5.91 Å². The maximum Gasteiger partial charge on any atom is 0.342 e. The van der Waals surface area contributed by atoms with Crippen molar-refractivity contribution < 1.29 is 27.2 Å². The molecule has 4 rings (SSSR count). The molecular formula is C22H25N3O6S.